The fraction of sp³-hybridized carbons (Fsp3) is 0.875. The Balaban J connectivity index is 1.94. The molecule has 0 bridgehead atoms. The third-order valence-electron chi connectivity index (χ3n) is 3.35. The first-order valence-electron chi connectivity index (χ1n) is 4.99. The quantitative estimate of drug-likeness (QED) is 0.700. The molecule has 0 radical (unpaired) electrons. The molecule has 1 spiro atoms. The van der Waals surface area contributed by atoms with Crippen LogP contribution in [0.5, 0.6) is 0 Å². The Morgan fingerprint density at radius 3 is 2.81 bits per heavy atom. The summed E-state index contributed by atoms with van der Waals surface area (Å²) in [7, 11) is -3.81. The van der Waals surface area contributed by atoms with Gasteiger partial charge in [0.1, 0.15) is 0 Å². The molecule has 0 aromatic carbocycles. The summed E-state index contributed by atoms with van der Waals surface area (Å²) in [6.45, 7) is 1.00. The molecule has 8 heteroatoms. The van der Waals surface area contributed by atoms with Crippen molar-refractivity contribution in [2.75, 3.05) is 19.1 Å². The number of rotatable bonds is 3. The van der Waals surface area contributed by atoms with E-state index in [4.69, 9.17) is 5.73 Å². The molecule has 2 unspecified atom stereocenters. The van der Waals surface area contributed by atoms with Gasteiger partial charge in [-0.1, -0.05) is 0 Å². The van der Waals surface area contributed by atoms with Crippen molar-refractivity contribution < 1.29 is 17.6 Å². The first-order chi connectivity index (χ1) is 7.38. The molecule has 1 aliphatic heterocycles. The molecule has 3 N–H and O–H groups in total. The molecule has 2 amide bonds. The van der Waals surface area contributed by atoms with Crippen LogP contribution < -0.4 is 10.5 Å². The van der Waals surface area contributed by atoms with E-state index in [1.165, 1.54) is 4.90 Å². The van der Waals surface area contributed by atoms with E-state index in [-0.39, 0.29) is 11.5 Å². The summed E-state index contributed by atoms with van der Waals surface area (Å²) in [6.07, 6.45) is 1.37. The van der Waals surface area contributed by atoms with Crippen molar-refractivity contribution in [1.29, 1.82) is 0 Å². The number of halogens is 1. The number of nitrogens with two attached hydrogens (primary N) is 1. The summed E-state index contributed by atoms with van der Waals surface area (Å²) in [6, 6.07) is -2.15. The maximum atomic E-state index is 12.1. The number of carbonyl (C=O) groups is 1. The van der Waals surface area contributed by atoms with Gasteiger partial charge < -0.3 is 10.6 Å². The van der Waals surface area contributed by atoms with E-state index in [0.29, 0.717) is 19.5 Å². The van der Waals surface area contributed by atoms with Crippen molar-refractivity contribution in [2.24, 2.45) is 11.1 Å². The molecule has 1 saturated heterocycles. The van der Waals surface area contributed by atoms with E-state index >= 15 is 0 Å². The lowest BCUT2D eigenvalue weighted by atomic mass is 10.1. The van der Waals surface area contributed by atoms with Crippen LogP contribution >= 0.6 is 0 Å². The molecule has 0 aromatic heterocycles. The van der Waals surface area contributed by atoms with Gasteiger partial charge >= 0.3 is 6.03 Å². The Labute approximate surface area is 93.0 Å². The van der Waals surface area contributed by atoms with Crippen LogP contribution in [0.1, 0.15) is 12.8 Å². The van der Waals surface area contributed by atoms with Gasteiger partial charge in [0.15, 0.2) is 0 Å². The van der Waals surface area contributed by atoms with Crippen molar-refractivity contribution in [3.63, 3.8) is 0 Å². The maximum Gasteiger partial charge on any atom is 0.314 e. The van der Waals surface area contributed by atoms with E-state index in [2.05, 4.69) is 4.72 Å². The topological polar surface area (TPSA) is 92.5 Å². The second-order valence-corrected chi connectivity index (χ2v) is 6.15. The zero-order valence-electron chi connectivity index (χ0n) is 8.65. The number of hydrogen-bond acceptors (Lipinski definition) is 3. The Morgan fingerprint density at radius 2 is 2.31 bits per heavy atom. The van der Waals surface area contributed by atoms with Crippen LogP contribution in [-0.4, -0.2) is 44.5 Å². The predicted molar refractivity (Wildman–Crippen MR) is 54.6 cm³/mol. The standard InChI is InChI=1S/C8H14FN3O3S/c9-5-16(14,15)11-6-3-8(6)1-2-12(4-8)7(10)13/h6,11H,1-5H2,(H2,10,13). The van der Waals surface area contributed by atoms with Crippen molar-refractivity contribution in [2.45, 2.75) is 18.9 Å². The molecule has 2 atom stereocenters. The van der Waals surface area contributed by atoms with Gasteiger partial charge in [-0.2, -0.15) is 0 Å². The molecule has 92 valence electrons. The summed E-state index contributed by atoms with van der Waals surface area (Å²) < 4.78 is 36.4. The lowest BCUT2D eigenvalue weighted by molar-refractivity contribution is 0.216. The highest BCUT2D eigenvalue weighted by molar-refractivity contribution is 7.89. The highest BCUT2D eigenvalue weighted by atomic mass is 32.2. The molecule has 1 heterocycles. The first kappa shape index (κ1) is 11.6. The van der Waals surface area contributed by atoms with Gasteiger partial charge in [-0.25, -0.2) is 22.3 Å². The van der Waals surface area contributed by atoms with Crippen molar-refractivity contribution in [1.82, 2.24) is 9.62 Å². The summed E-state index contributed by atoms with van der Waals surface area (Å²) in [4.78, 5) is 12.4. The smallest absolute Gasteiger partial charge is 0.314 e. The SMILES string of the molecule is NC(=O)N1CCC2(CC2NS(=O)(=O)CF)C1. The normalized spacial score (nSPS) is 33.3. The average Bonchev–Trinajstić information content (AvgIpc) is 2.66. The van der Waals surface area contributed by atoms with Gasteiger partial charge in [-0.15, -0.1) is 0 Å². The van der Waals surface area contributed by atoms with E-state index in [1.54, 1.807) is 0 Å². The number of nitrogens with zero attached hydrogens (tertiary/aromatic N) is 1. The van der Waals surface area contributed by atoms with Crippen LogP contribution in [0.15, 0.2) is 0 Å². The molecule has 2 aliphatic rings. The number of hydrogen-bond donors (Lipinski definition) is 2. The average molecular weight is 251 g/mol. The third kappa shape index (κ3) is 1.99. The van der Waals surface area contributed by atoms with Gasteiger partial charge in [-0.3, -0.25) is 0 Å². The van der Waals surface area contributed by atoms with Crippen LogP contribution in [0.2, 0.25) is 0 Å². The maximum absolute atomic E-state index is 12.1. The van der Waals surface area contributed by atoms with Gasteiger partial charge in [0.2, 0.25) is 16.0 Å². The molecule has 0 aromatic rings. The molecular weight excluding hydrogens is 237 g/mol. The number of carbonyl (C=O) groups excluding carboxylic acids is 1. The van der Waals surface area contributed by atoms with Crippen molar-refractivity contribution >= 4 is 16.1 Å². The summed E-state index contributed by atoms with van der Waals surface area (Å²) in [5.74, 6) is 0. The fourth-order valence-electron chi connectivity index (χ4n) is 2.30. The zero-order chi connectivity index (χ0) is 12.0. The number of urea groups is 1. The van der Waals surface area contributed by atoms with E-state index in [1.807, 2.05) is 0 Å². The van der Waals surface area contributed by atoms with Crippen LogP contribution in [0, 0.1) is 5.41 Å². The third-order valence-corrected chi connectivity index (χ3v) is 4.28. The Hall–Kier alpha value is -0.890. The van der Waals surface area contributed by atoms with Crippen LogP contribution in [-0.2, 0) is 10.0 Å². The molecule has 1 aliphatic carbocycles. The van der Waals surface area contributed by atoms with Gasteiger partial charge in [0, 0.05) is 24.5 Å². The number of sulfonamides is 1. The summed E-state index contributed by atoms with van der Waals surface area (Å²) in [5, 5.41) is 0. The Kier molecular flexibility index (Phi) is 2.58. The molecular formula is C8H14FN3O3S. The molecule has 16 heavy (non-hydrogen) atoms. The molecule has 1 saturated carbocycles. The number of likely N-dealkylation sites (tertiary alicyclic amines) is 1. The van der Waals surface area contributed by atoms with Crippen molar-refractivity contribution in [3.05, 3.63) is 0 Å². The fourth-order valence-corrected chi connectivity index (χ4v) is 3.13. The molecule has 2 fully saturated rings. The Bertz CT molecular complexity index is 413. The van der Waals surface area contributed by atoms with Gasteiger partial charge in [0.05, 0.1) is 0 Å². The van der Waals surface area contributed by atoms with Crippen LogP contribution in [0.25, 0.3) is 0 Å². The van der Waals surface area contributed by atoms with Crippen LogP contribution in [0.3, 0.4) is 0 Å². The minimum atomic E-state index is -3.81. The van der Waals surface area contributed by atoms with E-state index in [9.17, 15) is 17.6 Å². The number of amides is 2. The molecule has 2 rings (SSSR count). The largest absolute Gasteiger partial charge is 0.351 e. The highest BCUT2D eigenvalue weighted by Crippen LogP contribution is 2.53. The van der Waals surface area contributed by atoms with Crippen molar-refractivity contribution in [3.8, 4) is 0 Å². The zero-order valence-corrected chi connectivity index (χ0v) is 9.46. The van der Waals surface area contributed by atoms with E-state index < -0.39 is 22.1 Å². The van der Waals surface area contributed by atoms with Gasteiger partial charge in [-0.05, 0) is 12.8 Å². The predicted octanol–water partition coefficient (Wildman–Crippen LogP) is -0.624. The lowest BCUT2D eigenvalue weighted by Gasteiger charge is -2.13. The monoisotopic (exact) mass is 251 g/mol. The van der Waals surface area contributed by atoms with Gasteiger partial charge in [0.25, 0.3) is 0 Å². The van der Waals surface area contributed by atoms with E-state index in [0.717, 1.165) is 6.42 Å². The minimum Gasteiger partial charge on any atom is -0.351 e. The number of primary amides is 1. The first-order valence-corrected chi connectivity index (χ1v) is 6.64. The second-order valence-electron chi connectivity index (χ2n) is 4.47. The minimum absolute atomic E-state index is 0.211. The molecule has 6 nitrogen and oxygen atoms in total. The lowest BCUT2D eigenvalue weighted by Crippen LogP contribution is -2.35. The summed E-state index contributed by atoms with van der Waals surface area (Å²) in [5.41, 5.74) is 4.92. The number of nitrogens with one attached hydrogen (secondary N) is 1. The highest BCUT2D eigenvalue weighted by Gasteiger charge is 2.59. The number of alkyl halides is 1. The van der Waals surface area contributed by atoms with Crippen LogP contribution in [0.4, 0.5) is 9.18 Å². The second kappa shape index (κ2) is 3.56. The Morgan fingerprint density at radius 1 is 1.62 bits per heavy atom. The summed E-state index contributed by atoms with van der Waals surface area (Å²) >= 11 is 0.